The SMILES string of the molecule is O=C(c1ccc(Cl)cc1Cl)N1CCN([C@H](c2ccccc2)c2ccc(Cl)cc2)CC1. The average molecular weight is 460 g/mol. The van der Waals surface area contributed by atoms with E-state index in [1.165, 1.54) is 11.1 Å². The number of carbonyl (C=O) groups excluding carboxylic acids is 1. The third kappa shape index (κ3) is 4.65. The van der Waals surface area contributed by atoms with E-state index in [0.29, 0.717) is 28.7 Å². The Morgan fingerprint density at radius 2 is 1.33 bits per heavy atom. The van der Waals surface area contributed by atoms with Gasteiger partial charge in [-0.05, 0) is 41.5 Å². The highest BCUT2D eigenvalue weighted by molar-refractivity contribution is 6.36. The summed E-state index contributed by atoms with van der Waals surface area (Å²) in [5.41, 5.74) is 2.90. The van der Waals surface area contributed by atoms with Gasteiger partial charge in [0, 0.05) is 36.2 Å². The largest absolute Gasteiger partial charge is 0.336 e. The summed E-state index contributed by atoms with van der Waals surface area (Å²) in [5.74, 6) is -0.0564. The molecule has 3 aromatic rings. The third-order valence-electron chi connectivity index (χ3n) is 5.43. The van der Waals surface area contributed by atoms with Gasteiger partial charge in [-0.15, -0.1) is 0 Å². The van der Waals surface area contributed by atoms with Gasteiger partial charge in [0.25, 0.3) is 5.91 Å². The Bertz CT molecular complexity index is 1020. The second-order valence-corrected chi connectivity index (χ2v) is 8.60. The molecule has 1 atom stereocenters. The smallest absolute Gasteiger partial charge is 0.255 e. The number of benzene rings is 3. The lowest BCUT2D eigenvalue weighted by Gasteiger charge is -2.40. The van der Waals surface area contributed by atoms with Crippen LogP contribution in [0, 0.1) is 0 Å². The van der Waals surface area contributed by atoms with Crippen LogP contribution in [0.1, 0.15) is 27.5 Å². The van der Waals surface area contributed by atoms with Crippen molar-refractivity contribution in [2.24, 2.45) is 0 Å². The molecule has 3 nitrogen and oxygen atoms in total. The van der Waals surface area contributed by atoms with Gasteiger partial charge < -0.3 is 4.90 Å². The Balaban J connectivity index is 1.53. The summed E-state index contributed by atoms with van der Waals surface area (Å²) in [6, 6.07) is 23.5. The van der Waals surface area contributed by atoms with Crippen LogP contribution in [-0.2, 0) is 0 Å². The minimum Gasteiger partial charge on any atom is -0.336 e. The molecule has 30 heavy (non-hydrogen) atoms. The van der Waals surface area contributed by atoms with Gasteiger partial charge >= 0.3 is 0 Å². The number of amides is 1. The number of carbonyl (C=O) groups is 1. The summed E-state index contributed by atoms with van der Waals surface area (Å²) in [4.78, 5) is 17.2. The number of hydrogen-bond donors (Lipinski definition) is 0. The predicted octanol–water partition coefficient (Wildman–Crippen LogP) is 6.19. The van der Waals surface area contributed by atoms with Crippen LogP contribution in [0.25, 0.3) is 0 Å². The van der Waals surface area contributed by atoms with Gasteiger partial charge in [-0.25, -0.2) is 0 Å². The van der Waals surface area contributed by atoms with Crippen molar-refractivity contribution in [2.45, 2.75) is 6.04 Å². The van der Waals surface area contributed by atoms with Crippen LogP contribution in [0.15, 0.2) is 72.8 Å². The lowest BCUT2D eigenvalue weighted by Crippen LogP contribution is -2.49. The highest BCUT2D eigenvalue weighted by Crippen LogP contribution is 2.31. The molecule has 0 bridgehead atoms. The average Bonchev–Trinajstić information content (AvgIpc) is 2.76. The molecule has 0 aromatic heterocycles. The molecule has 0 N–H and O–H groups in total. The molecule has 0 aliphatic carbocycles. The summed E-state index contributed by atoms with van der Waals surface area (Å²) in [5, 5.41) is 1.63. The summed E-state index contributed by atoms with van der Waals surface area (Å²) in [7, 11) is 0. The zero-order valence-corrected chi connectivity index (χ0v) is 18.5. The fourth-order valence-electron chi connectivity index (χ4n) is 3.91. The Kier molecular flexibility index (Phi) is 6.64. The first-order valence-electron chi connectivity index (χ1n) is 9.82. The molecule has 154 valence electrons. The van der Waals surface area contributed by atoms with Crippen molar-refractivity contribution >= 4 is 40.7 Å². The topological polar surface area (TPSA) is 23.6 Å². The molecule has 1 aliphatic heterocycles. The molecule has 3 aromatic carbocycles. The van der Waals surface area contributed by atoms with Crippen molar-refractivity contribution in [2.75, 3.05) is 26.2 Å². The van der Waals surface area contributed by atoms with Crippen LogP contribution in [0.2, 0.25) is 15.1 Å². The van der Waals surface area contributed by atoms with Crippen LogP contribution < -0.4 is 0 Å². The first kappa shape index (κ1) is 21.2. The molecule has 1 heterocycles. The van der Waals surface area contributed by atoms with Crippen LogP contribution in [0.4, 0.5) is 0 Å². The second kappa shape index (κ2) is 9.40. The maximum atomic E-state index is 13.0. The fraction of sp³-hybridized carbons (Fsp3) is 0.208. The highest BCUT2D eigenvalue weighted by Gasteiger charge is 2.29. The van der Waals surface area contributed by atoms with E-state index < -0.39 is 0 Å². The predicted molar refractivity (Wildman–Crippen MR) is 124 cm³/mol. The summed E-state index contributed by atoms with van der Waals surface area (Å²) < 4.78 is 0. The molecule has 0 spiro atoms. The fourth-order valence-corrected chi connectivity index (χ4v) is 4.53. The molecule has 1 amide bonds. The van der Waals surface area contributed by atoms with Gasteiger partial charge in [0.05, 0.1) is 16.6 Å². The Morgan fingerprint density at radius 1 is 0.733 bits per heavy atom. The first-order valence-corrected chi connectivity index (χ1v) is 10.9. The van der Waals surface area contributed by atoms with Crippen molar-refractivity contribution in [1.29, 1.82) is 0 Å². The quantitative estimate of drug-likeness (QED) is 0.464. The molecule has 0 saturated carbocycles. The highest BCUT2D eigenvalue weighted by atomic mass is 35.5. The van der Waals surface area contributed by atoms with E-state index in [4.69, 9.17) is 34.8 Å². The number of halogens is 3. The van der Waals surface area contributed by atoms with Gasteiger partial charge in [-0.1, -0.05) is 77.3 Å². The van der Waals surface area contributed by atoms with E-state index in [-0.39, 0.29) is 11.9 Å². The Morgan fingerprint density at radius 3 is 1.97 bits per heavy atom. The maximum absolute atomic E-state index is 13.0. The summed E-state index contributed by atoms with van der Waals surface area (Å²) >= 11 is 18.3. The zero-order valence-electron chi connectivity index (χ0n) is 16.3. The van der Waals surface area contributed by atoms with Crippen LogP contribution >= 0.6 is 34.8 Å². The number of rotatable bonds is 4. The van der Waals surface area contributed by atoms with E-state index in [9.17, 15) is 4.79 Å². The second-order valence-electron chi connectivity index (χ2n) is 7.32. The lowest BCUT2D eigenvalue weighted by molar-refractivity contribution is 0.0597. The number of hydrogen-bond acceptors (Lipinski definition) is 2. The molecule has 0 radical (unpaired) electrons. The molecule has 0 unspecified atom stereocenters. The molecule has 1 fully saturated rings. The normalized spacial score (nSPS) is 15.8. The van der Waals surface area contributed by atoms with Crippen LogP contribution in [-0.4, -0.2) is 41.9 Å². The maximum Gasteiger partial charge on any atom is 0.255 e. The number of piperazine rings is 1. The van der Waals surface area contributed by atoms with Crippen molar-refractivity contribution < 1.29 is 4.79 Å². The van der Waals surface area contributed by atoms with Gasteiger partial charge in [-0.3, -0.25) is 9.69 Å². The minimum absolute atomic E-state index is 0.0564. The Labute approximate surface area is 191 Å². The molecular weight excluding hydrogens is 439 g/mol. The first-order chi connectivity index (χ1) is 14.5. The van der Waals surface area contributed by atoms with Gasteiger partial charge in [-0.2, -0.15) is 0 Å². The van der Waals surface area contributed by atoms with Crippen molar-refractivity contribution in [3.05, 3.63) is 105 Å². The van der Waals surface area contributed by atoms with E-state index in [0.717, 1.165) is 18.1 Å². The molecule has 1 saturated heterocycles. The van der Waals surface area contributed by atoms with E-state index in [2.05, 4.69) is 41.3 Å². The van der Waals surface area contributed by atoms with Crippen molar-refractivity contribution in [3.8, 4) is 0 Å². The monoisotopic (exact) mass is 458 g/mol. The molecule has 1 aliphatic rings. The lowest BCUT2D eigenvalue weighted by atomic mass is 9.96. The van der Waals surface area contributed by atoms with E-state index >= 15 is 0 Å². The standard InChI is InChI=1S/C24H21Cl3N2O/c25-19-8-6-18(7-9-19)23(17-4-2-1-3-5-17)28-12-14-29(15-13-28)24(30)21-11-10-20(26)16-22(21)27/h1-11,16,23H,12-15H2/t23-/m1/s1. The Hall–Kier alpha value is -2.04. The van der Waals surface area contributed by atoms with E-state index in [1.54, 1.807) is 18.2 Å². The van der Waals surface area contributed by atoms with Crippen LogP contribution in [0.5, 0.6) is 0 Å². The van der Waals surface area contributed by atoms with Crippen LogP contribution in [0.3, 0.4) is 0 Å². The summed E-state index contributed by atoms with van der Waals surface area (Å²) in [6.45, 7) is 2.79. The third-order valence-corrected chi connectivity index (χ3v) is 6.23. The van der Waals surface area contributed by atoms with E-state index in [1.807, 2.05) is 23.1 Å². The number of nitrogens with zero attached hydrogens (tertiary/aromatic N) is 2. The molecular formula is C24H21Cl3N2O. The van der Waals surface area contributed by atoms with Gasteiger partial charge in [0.2, 0.25) is 0 Å². The van der Waals surface area contributed by atoms with Crippen molar-refractivity contribution in [1.82, 2.24) is 9.80 Å². The molecule has 4 rings (SSSR count). The van der Waals surface area contributed by atoms with Crippen molar-refractivity contribution in [3.63, 3.8) is 0 Å². The minimum atomic E-state index is -0.0564. The summed E-state index contributed by atoms with van der Waals surface area (Å²) in [6.07, 6.45) is 0. The van der Waals surface area contributed by atoms with Gasteiger partial charge in [0.1, 0.15) is 0 Å². The molecule has 6 heteroatoms. The zero-order chi connectivity index (χ0) is 21.1. The van der Waals surface area contributed by atoms with Gasteiger partial charge in [0.15, 0.2) is 0 Å².